The van der Waals surface area contributed by atoms with Crippen LogP contribution < -0.4 is 5.32 Å². The molecule has 0 heterocycles. The topological polar surface area (TPSA) is 52.9 Å². The second-order valence-electron chi connectivity index (χ2n) is 4.14. The molecule has 1 atom stereocenters. The van der Waals surface area contributed by atoms with E-state index in [1.54, 1.807) is 18.2 Å². The summed E-state index contributed by atoms with van der Waals surface area (Å²) >= 11 is 5.87. The molecule has 1 rings (SSSR count). The molecule has 0 saturated heterocycles. The molecule has 3 nitrogen and oxygen atoms in total. The normalized spacial score (nSPS) is 11.6. The van der Waals surface area contributed by atoms with Crippen LogP contribution in [0.5, 0.6) is 0 Å². The van der Waals surface area contributed by atoms with Crippen molar-refractivity contribution in [2.24, 2.45) is 0 Å². The van der Waals surface area contributed by atoms with E-state index in [2.05, 4.69) is 18.3 Å². The Morgan fingerprint density at radius 1 is 1.56 bits per heavy atom. The molecule has 4 heteroatoms. The van der Waals surface area contributed by atoms with Crippen molar-refractivity contribution >= 4 is 17.5 Å². The fourth-order valence-electron chi connectivity index (χ4n) is 1.62. The molecule has 1 aromatic rings. The number of hydrogen-bond acceptors (Lipinski definition) is 2. The van der Waals surface area contributed by atoms with E-state index in [-0.39, 0.29) is 12.3 Å². The van der Waals surface area contributed by atoms with Crippen LogP contribution in [0, 0.1) is 11.3 Å². The average molecular weight is 265 g/mol. The Labute approximate surface area is 113 Å². The van der Waals surface area contributed by atoms with Gasteiger partial charge in [-0.25, -0.2) is 0 Å². The van der Waals surface area contributed by atoms with Gasteiger partial charge >= 0.3 is 0 Å². The fraction of sp³-hybridized carbons (Fsp3) is 0.429. The van der Waals surface area contributed by atoms with E-state index in [1.165, 1.54) is 0 Å². The molecule has 0 aromatic heterocycles. The van der Waals surface area contributed by atoms with E-state index in [0.717, 1.165) is 18.4 Å². The Hall–Kier alpha value is -1.53. The van der Waals surface area contributed by atoms with E-state index >= 15 is 0 Å². The van der Waals surface area contributed by atoms with Crippen LogP contribution >= 0.6 is 11.6 Å². The molecule has 96 valence electrons. The molecule has 1 aromatic carbocycles. The molecule has 1 amide bonds. The Morgan fingerprint density at radius 2 is 2.33 bits per heavy atom. The first-order chi connectivity index (χ1) is 8.67. The van der Waals surface area contributed by atoms with E-state index in [9.17, 15) is 4.79 Å². The van der Waals surface area contributed by atoms with Crippen molar-refractivity contribution in [3.8, 4) is 6.07 Å². The van der Waals surface area contributed by atoms with Crippen LogP contribution in [-0.2, 0) is 4.79 Å². The number of nitrogens with one attached hydrogen (secondary N) is 1. The molecule has 18 heavy (non-hydrogen) atoms. The third-order valence-corrected chi connectivity index (χ3v) is 2.88. The minimum Gasteiger partial charge on any atom is -0.356 e. The average Bonchev–Trinajstić information content (AvgIpc) is 2.36. The number of amides is 1. The van der Waals surface area contributed by atoms with Gasteiger partial charge in [0, 0.05) is 18.0 Å². The summed E-state index contributed by atoms with van der Waals surface area (Å²) in [5, 5.41) is 12.5. The first-order valence-electron chi connectivity index (χ1n) is 6.09. The molecular weight excluding hydrogens is 248 g/mol. The Balaban J connectivity index is 2.57. The molecule has 0 bridgehead atoms. The lowest BCUT2D eigenvalue weighted by Gasteiger charge is -2.10. The van der Waals surface area contributed by atoms with Crippen molar-refractivity contribution in [3.63, 3.8) is 0 Å². The van der Waals surface area contributed by atoms with Gasteiger partial charge in [-0.1, -0.05) is 37.1 Å². The van der Waals surface area contributed by atoms with Gasteiger partial charge in [0.1, 0.15) is 0 Å². The maximum Gasteiger partial charge on any atom is 0.221 e. The summed E-state index contributed by atoms with van der Waals surface area (Å²) in [7, 11) is 0. The highest BCUT2D eigenvalue weighted by Crippen LogP contribution is 2.21. The number of rotatable bonds is 6. The van der Waals surface area contributed by atoms with Gasteiger partial charge in [0.2, 0.25) is 5.91 Å². The highest BCUT2D eigenvalue weighted by atomic mass is 35.5. The van der Waals surface area contributed by atoms with Crippen LogP contribution in [0.25, 0.3) is 0 Å². The van der Waals surface area contributed by atoms with Crippen molar-refractivity contribution in [1.82, 2.24) is 5.32 Å². The number of nitriles is 1. The smallest absolute Gasteiger partial charge is 0.221 e. The van der Waals surface area contributed by atoms with Gasteiger partial charge in [-0.2, -0.15) is 5.26 Å². The molecule has 0 aliphatic rings. The second-order valence-corrected chi connectivity index (χ2v) is 4.58. The van der Waals surface area contributed by atoms with Gasteiger partial charge in [-0.05, 0) is 24.1 Å². The number of carbonyl (C=O) groups excluding carboxylic acids is 1. The van der Waals surface area contributed by atoms with Crippen molar-refractivity contribution < 1.29 is 4.79 Å². The zero-order chi connectivity index (χ0) is 13.4. The zero-order valence-electron chi connectivity index (χ0n) is 10.4. The van der Waals surface area contributed by atoms with Crippen molar-refractivity contribution in [3.05, 3.63) is 34.9 Å². The summed E-state index contributed by atoms with van der Waals surface area (Å²) in [6.07, 6.45) is 2.18. The summed E-state index contributed by atoms with van der Waals surface area (Å²) in [5.41, 5.74) is 0.788. The lowest BCUT2D eigenvalue weighted by molar-refractivity contribution is -0.121. The van der Waals surface area contributed by atoms with Crippen LogP contribution in [0.15, 0.2) is 24.3 Å². The first-order valence-corrected chi connectivity index (χ1v) is 6.47. The van der Waals surface area contributed by atoms with Crippen LogP contribution in [0.1, 0.15) is 37.7 Å². The molecule has 0 radical (unpaired) electrons. The molecule has 0 aliphatic heterocycles. The predicted molar refractivity (Wildman–Crippen MR) is 72.3 cm³/mol. The SMILES string of the molecule is CCCCNC(=O)CC(C#N)c1cccc(Cl)c1. The molecule has 1 unspecified atom stereocenters. The number of nitrogens with zero attached hydrogens (tertiary/aromatic N) is 1. The number of benzene rings is 1. The summed E-state index contributed by atoms with van der Waals surface area (Å²) in [6, 6.07) is 9.24. The van der Waals surface area contributed by atoms with Crippen molar-refractivity contribution in [2.75, 3.05) is 6.54 Å². The van der Waals surface area contributed by atoms with Gasteiger partial charge in [-0.3, -0.25) is 4.79 Å². The van der Waals surface area contributed by atoms with E-state index in [1.807, 2.05) is 6.07 Å². The van der Waals surface area contributed by atoms with Gasteiger partial charge in [0.25, 0.3) is 0 Å². The second kappa shape index (κ2) is 7.73. The summed E-state index contributed by atoms with van der Waals surface area (Å²) in [4.78, 5) is 11.7. The maximum atomic E-state index is 11.7. The lowest BCUT2D eigenvalue weighted by Crippen LogP contribution is -2.25. The summed E-state index contributed by atoms with van der Waals surface area (Å²) in [6.45, 7) is 2.74. The quantitative estimate of drug-likeness (QED) is 0.802. The first kappa shape index (κ1) is 14.5. The zero-order valence-corrected chi connectivity index (χ0v) is 11.2. The largest absolute Gasteiger partial charge is 0.356 e. The molecular formula is C14H17ClN2O. The minimum absolute atomic E-state index is 0.0880. The van der Waals surface area contributed by atoms with Gasteiger partial charge in [-0.15, -0.1) is 0 Å². The number of hydrogen-bond donors (Lipinski definition) is 1. The van der Waals surface area contributed by atoms with E-state index < -0.39 is 5.92 Å². The summed E-state index contributed by atoms with van der Waals surface area (Å²) < 4.78 is 0. The Kier molecular flexibility index (Phi) is 6.24. The van der Waals surface area contributed by atoms with Gasteiger partial charge < -0.3 is 5.32 Å². The maximum absolute atomic E-state index is 11.7. The van der Waals surface area contributed by atoms with E-state index in [4.69, 9.17) is 16.9 Å². The van der Waals surface area contributed by atoms with Crippen molar-refractivity contribution in [2.45, 2.75) is 32.1 Å². The highest BCUT2D eigenvalue weighted by Gasteiger charge is 2.15. The molecule has 0 fully saturated rings. The number of unbranched alkanes of at least 4 members (excludes halogenated alkanes) is 1. The minimum atomic E-state index is -0.440. The highest BCUT2D eigenvalue weighted by molar-refractivity contribution is 6.30. The van der Waals surface area contributed by atoms with E-state index in [0.29, 0.717) is 11.6 Å². The standard InChI is InChI=1S/C14H17ClN2O/c1-2-3-7-17-14(18)9-12(10-16)11-5-4-6-13(15)8-11/h4-6,8,12H,2-3,7,9H2,1H3,(H,17,18). The van der Waals surface area contributed by atoms with Crippen LogP contribution in [0.4, 0.5) is 0 Å². The predicted octanol–water partition coefficient (Wildman–Crippen LogP) is 3.25. The Bertz CT molecular complexity index is 440. The molecule has 0 aliphatic carbocycles. The number of carbonyl (C=O) groups is 1. The number of halogens is 1. The van der Waals surface area contributed by atoms with Gasteiger partial charge in [0.05, 0.1) is 12.0 Å². The Morgan fingerprint density at radius 3 is 2.94 bits per heavy atom. The van der Waals surface area contributed by atoms with Crippen LogP contribution in [0.2, 0.25) is 5.02 Å². The molecule has 1 N–H and O–H groups in total. The third-order valence-electron chi connectivity index (χ3n) is 2.65. The van der Waals surface area contributed by atoms with Gasteiger partial charge in [0.15, 0.2) is 0 Å². The summed E-state index contributed by atoms with van der Waals surface area (Å²) in [5.74, 6) is -0.527. The molecule has 0 saturated carbocycles. The van der Waals surface area contributed by atoms with Crippen LogP contribution in [-0.4, -0.2) is 12.5 Å². The lowest BCUT2D eigenvalue weighted by atomic mass is 9.97. The van der Waals surface area contributed by atoms with Crippen molar-refractivity contribution in [1.29, 1.82) is 5.26 Å². The molecule has 0 spiro atoms. The monoisotopic (exact) mass is 264 g/mol. The fourth-order valence-corrected chi connectivity index (χ4v) is 1.82. The third kappa shape index (κ3) is 4.77. The van der Waals surface area contributed by atoms with Crippen LogP contribution in [0.3, 0.4) is 0 Å².